The summed E-state index contributed by atoms with van der Waals surface area (Å²) in [6.45, 7) is 4.86. The van der Waals surface area contributed by atoms with Crippen molar-refractivity contribution in [2.75, 3.05) is 13.1 Å². The number of amides is 1. The van der Waals surface area contributed by atoms with Gasteiger partial charge in [0.1, 0.15) is 0 Å². The third-order valence-electron chi connectivity index (χ3n) is 5.57. The molecule has 1 saturated heterocycles. The molecule has 1 fully saturated rings. The number of nitrogens with zero attached hydrogens (tertiary/aromatic N) is 1. The largest absolute Gasteiger partial charge is 0.481 e. The fourth-order valence-corrected chi connectivity index (χ4v) is 4.89. The van der Waals surface area contributed by atoms with Crippen LogP contribution in [-0.2, 0) is 17.6 Å². The summed E-state index contributed by atoms with van der Waals surface area (Å²) in [4.78, 5) is 27.7. The minimum Gasteiger partial charge on any atom is -0.481 e. The van der Waals surface area contributed by atoms with Gasteiger partial charge in [0.05, 0.1) is 11.0 Å². The van der Waals surface area contributed by atoms with E-state index in [1.54, 1.807) is 25.2 Å². The molecule has 1 aliphatic carbocycles. The van der Waals surface area contributed by atoms with Gasteiger partial charge in [0.2, 0.25) is 0 Å². The molecule has 0 saturated carbocycles. The smallest absolute Gasteiger partial charge is 0.309 e. The van der Waals surface area contributed by atoms with Crippen molar-refractivity contribution in [1.29, 1.82) is 0 Å². The van der Waals surface area contributed by atoms with Gasteiger partial charge >= 0.3 is 5.97 Å². The van der Waals surface area contributed by atoms with E-state index in [9.17, 15) is 14.7 Å². The summed E-state index contributed by atoms with van der Waals surface area (Å²) in [6, 6.07) is 0. The Hall–Kier alpha value is -1.36. The zero-order valence-corrected chi connectivity index (χ0v) is 14.7. The Bertz CT molecular complexity index is 620. The lowest BCUT2D eigenvalue weighted by atomic mass is 9.74. The predicted octanol–water partition coefficient (Wildman–Crippen LogP) is 3.59. The van der Waals surface area contributed by atoms with Crippen LogP contribution in [0.3, 0.4) is 0 Å². The molecule has 126 valence electrons. The Morgan fingerprint density at radius 2 is 2.00 bits per heavy atom. The number of fused-ring (bicyclic) bond motifs is 1. The van der Waals surface area contributed by atoms with Crippen LogP contribution in [0.25, 0.3) is 0 Å². The topological polar surface area (TPSA) is 57.6 Å². The van der Waals surface area contributed by atoms with Crippen LogP contribution in [0.15, 0.2) is 5.38 Å². The zero-order valence-electron chi connectivity index (χ0n) is 13.9. The number of rotatable bonds is 3. The number of carboxylic acid groups (broad SMARTS) is 1. The number of hydrogen-bond acceptors (Lipinski definition) is 3. The molecule has 0 radical (unpaired) electrons. The molecule has 1 aliphatic heterocycles. The molecule has 0 spiro atoms. The highest BCUT2D eigenvalue weighted by atomic mass is 32.1. The van der Waals surface area contributed by atoms with Crippen molar-refractivity contribution >= 4 is 23.2 Å². The minimum absolute atomic E-state index is 0.0205. The van der Waals surface area contributed by atoms with Crippen LogP contribution < -0.4 is 0 Å². The summed E-state index contributed by atoms with van der Waals surface area (Å²) in [5.74, 6) is -0.646. The Labute approximate surface area is 141 Å². The van der Waals surface area contributed by atoms with Crippen molar-refractivity contribution in [1.82, 2.24) is 4.90 Å². The number of carbonyl (C=O) groups excluding carboxylic acids is 1. The fourth-order valence-electron chi connectivity index (χ4n) is 3.77. The standard InChI is InChI=1S/C18H25NO3S/c1-18(2,17(21)22)12-6-5-9-19(10-12)16(20)14-11-23-15-8-4-3-7-13(14)15/h11-12H,3-10H2,1-2H3,(H,21,22)/t12-/m1/s1. The Balaban J connectivity index is 1.78. The number of carboxylic acids is 1. The molecule has 1 N–H and O–H groups in total. The van der Waals surface area contributed by atoms with Crippen molar-refractivity contribution in [3.8, 4) is 0 Å². The van der Waals surface area contributed by atoms with Crippen LogP contribution in [-0.4, -0.2) is 35.0 Å². The fraction of sp³-hybridized carbons (Fsp3) is 0.667. The van der Waals surface area contributed by atoms with Crippen molar-refractivity contribution in [3.05, 3.63) is 21.4 Å². The second-order valence-corrected chi connectivity index (χ2v) is 8.34. The van der Waals surface area contributed by atoms with E-state index in [1.807, 2.05) is 10.3 Å². The molecule has 2 heterocycles. The van der Waals surface area contributed by atoms with Crippen LogP contribution in [0.5, 0.6) is 0 Å². The van der Waals surface area contributed by atoms with Gasteiger partial charge in [-0.2, -0.15) is 0 Å². The van der Waals surface area contributed by atoms with Gasteiger partial charge in [-0.25, -0.2) is 0 Å². The van der Waals surface area contributed by atoms with Crippen LogP contribution >= 0.6 is 11.3 Å². The van der Waals surface area contributed by atoms with Gasteiger partial charge in [0.15, 0.2) is 0 Å². The van der Waals surface area contributed by atoms with E-state index >= 15 is 0 Å². The number of piperidine rings is 1. The lowest BCUT2D eigenvalue weighted by Gasteiger charge is -2.39. The van der Waals surface area contributed by atoms with E-state index in [0.717, 1.165) is 37.8 Å². The van der Waals surface area contributed by atoms with Crippen molar-refractivity contribution in [2.45, 2.75) is 52.4 Å². The first-order chi connectivity index (χ1) is 10.9. The van der Waals surface area contributed by atoms with E-state index in [0.29, 0.717) is 6.54 Å². The lowest BCUT2D eigenvalue weighted by Crippen LogP contribution is -2.47. The maximum Gasteiger partial charge on any atom is 0.309 e. The van der Waals surface area contributed by atoms with Gasteiger partial charge in [-0.15, -0.1) is 11.3 Å². The van der Waals surface area contributed by atoms with Gasteiger partial charge in [0, 0.05) is 23.3 Å². The number of thiophene rings is 1. The summed E-state index contributed by atoms with van der Waals surface area (Å²) in [5, 5.41) is 11.5. The number of hydrogen-bond donors (Lipinski definition) is 1. The minimum atomic E-state index is -0.785. The van der Waals surface area contributed by atoms with Crippen molar-refractivity contribution in [2.24, 2.45) is 11.3 Å². The molecule has 23 heavy (non-hydrogen) atoms. The summed E-state index contributed by atoms with van der Waals surface area (Å²) in [6.07, 6.45) is 6.27. The molecule has 1 aromatic heterocycles. The van der Waals surface area contributed by atoms with E-state index in [4.69, 9.17) is 0 Å². The summed E-state index contributed by atoms with van der Waals surface area (Å²) in [7, 11) is 0. The highest BCUT2D eigenvalue weighted by Gasteiger charge is 2.40. The second kappa shape index (κ2) is 6.27. The Morgan fingerprint density at radius 3 is 2.74 bits per heavy atom. The molecule has 2 aliphatic rings. The van der Waals surface area contributed by atoms with E-state index in [1.165, 1.54) is 23.3 Å². The van der Waals surface area contributed by atoms with E-state index in [2.05, 4.69) is 0 Å². The van der Waals surface area contributed by atoms with Gasteiger partial charge in [-0.05, 0) is 63.9 Å². The molecule has 1 aromatic rings. The molecule has 0 bridgehead atoms. The summed E-state index contributed by atoms with van der Waals surface area (Å²) in [5.41, 5.74) is 1.34. The Morgan fingerprint density at radius 1 is 1.26 bits per heavy atom. The second-order valence-electron chi connectivity index (χ2n) is 7.38. The summed E-state index contributed by atoms with van der Waals surface area (Å²) >= 11 is 1.71. The first-order valence-corrected chi connectivity index (χ1v) is 9.41. The molecule has 1 amide bonds. The normalized spacial score (nSPS) is 21.8. The Kier molecular flexibility index (Phi) is 4.50. The van der Waals surface area contributed by atoms with E-state index in [-0.39, 0.29) is 11.8 Å². The van der Waals surface area contributed by atoms with Gasteiger partial charge < -0.3 is 10.0 Å². The SMILES string of the molecule is CC(C)(C(=O)O)[C@@H]1CCCN(C(=O)c2csc3c2CCCC3)C1. The third kappa shape index (κ3) is 3.03. The predicted molar refractivity (Wildman–Crippen MR) is 91.0 cm³/mol. The van der Waals surface area contributed by atoms with Gasteiger partial charge in [-0.3, -0.25) is 9.59 Å². The van der Waals surface area contributed by atoms with Crippen molar-refractivity contribution < 1.29 is 14.7 Å². The summed E-state index contributed by atoms with van der Waals surface area (Å²) < 4.78 is 0. The van der Waals surface area contributed by atoms with Crippen LogP contribution in [0.1, 0.15) is 60.3 Å². The molecule has 5 heteroatoms. The molecule has 4 nitrogen and oxygen atoms in total. The lowest BCUT2D eigenvalue weighted by molar-refractivity contribution is -0.151. The van der Waals surface area contributed by atoms with Gasteiger partial charge in [0.25, 0.3) is 5.91 Å². The number of aryl methyl sites for hydroxylation is 1. The van der Waals surface area contributed by atoms with Crippen LogP contribution in [0.4, 0.5) is 0 Å². The highest BCUT2D eigenvalue weighted by Crippen LogP contribution is 2.36. The quantitative estimate of drug-likeness (QED) is 0.918. The number of carbonyl (C=O) groups is 2. The zero-order chi connectivity index (χ0) is 16.6. The first-order valence-electron chi connectivity index (χ1n) is 8.53. The number of aliphatic carboxylic acids is 1. The molecule has 1 atom stereocenters. The van der Waals surface area contributed by atoms with Crippen LogP contribution in [0.2, 0.25) is 0 Å². The molecule has 0 unspecified atom stereocenters. The molecule has 0 aromatic carbocycles. The first kappa shape index (κ1) is 16.5. The van der Waals surface area contributed by atoms with Gasteiger partial charge in [-0.1, -0.05) is 0 Å². The van der Waals surface area contributed by atoms with Crippen molar-refractivity contribution in [3.63, 3.8) is 0 Å². The third-order valence-corrected chi connectivity index (χ3v) is 6.66. The average molecular weight is 335 g/mol. The maximum atomic E-state index is 13.0. The monoisotopic (exact) mass is 335 g/mol. The number of likely N-dealkylation sites (tertiary alicyclic amines) is 1. The molecule has 3 rings (SSSR count). The maximum absolute atomic E-state index is 13.0. The molecular weight excluding hydrogens is 310 g/mol. The molecular formula is C18H25NO3S. The highest BCUT2D eigenvalue weighted by molar-refractivity contribution is 7.10. The van der Waals surface area contributed by atoms with Crippen LogP contribution in [0, 0.1) is 11.3 Å². The average Bonchev–Trinajstić information content (AvgIpc) is 2.98. The van der Waals surface area contributed by atoms with E-state index < -0.39 is 11.4 Å².